The van der Waals surface area contributed by atoms with E-state index in [1.54, 1.807) is 36.4 Å². The van der Waals surface area contributed by atoms with Crippen molar-refractivity contribution in [3.05, 3.63) is 72.3 Å². The SMILES string of the molecule is CNC(=O)CCc1ccccc1NC(=O)c1ccccc1-n1cnnc1. The van der Waals surface area contributed by atoms with Crippen LogP contribution in [0, 0.1) is 0 Å². The lowest BCUT2D eigenvalue weighted by atomic mass is 10.1. The molecule has 0 aliphatic rings. The molecule has 0 saturated carbocycles. The molecule has 0 spiro atoms. The maximum atomic E-state index is 12.8. The second kappa shape index (κ2) is 8.06. The molecule has 0 saturated heterocycles. The molecule has 0 unspecified atom stereocenters. The molecular weight excluding hydrogens is 330 g/mol. The Morgan fingerprint density at radius 1 is 1.00 bits per heavy atom. The Bertz CT molecular complexity index is 906. The van der Waals surface area contributed by atoms with E-state index in [0.29, 0.717) is 29.8 Å². The molecule has 132 valence electrons. The zero-order valence-corrected chi connectivity index (χ0v) is 14.3. The summed E-state index contributed by atoms with van der Waals surface area (Å²) in [5, 5.41) is 13.1. The van der Waals surface area contributed by atoms with E-state index in [1.165, 1.54) is 0 Å². The predicted octanol–water partition coefficient (Wildman–Crippen LogP) is 2.20. The Balaban J connectivity index is 1.83. The van der Waals surface area contributed by atoms with Gasteiger partial charge in [0.1, 0.15) is 12.7 Å². The molecule has 2 amide bonds. The summed E-state index contributed by atoms with van der Waals surface area (Å²) in [7, 11) is 1.61. The lowest BCUT2D eigenvalue weighted by molar-refractivity contribution is -0.120. The fourth-order valence-electron chi connectivity index (χ4n) is 2.64. The normalized spacial score (nSPS) is 10.3. The lowest BCUT2D eigenvalue weighted by Crippen LogP contribution is -2.19. The van der Waals surface area contributed by atoms with Crippen LogP contribution in [0.4, 0.5) is 5.69 Å². The number of aryl methyl sites for hydroxylation is 1. The van der Waals surface area contributed by atoms with Crippen LogP contribution in [-0.2, 0) is 11.2 Å². The quantitative estimate of drug-likeness (QED) is 0.714. The monoisotopic (exact) mass is 349 g/mol. The molecule has 2 N–H and O–H groups in total. The topological polar surface area (TPSA) is 88.9 Å². The van der Waals surface area contributed by atoms with Crippen LogP contribution in [-0.4, -0.2) is 33.6 Å². The van der Waals surface area contributed by atoms with Gasteiger partial charge in [0.15, 0.2) is 0 Å². The van der Waals surface area contributed by atoms with Gasteiger partial charge in [0.05, 0.1) is 11.3 Å². The van der Waals surface area contributed by atoms with Crippen molar-refractivity contribution in [2.45, 2.75) is 12.8 Å². The van der Waals surface area contributed by atoms with E-state index in [2.05, 4.69) is 20.8 Å². The van der Waals surface area contributed by atoms with Crippen LogP contribution in [0.3, 0.4) is 0 Å². The third kappa shape index (κ3) is 3.94. The summed E-state index contributed by atoms with van der Waals surface area (Å²) in [5.74, 6) is -0.272. The standard InChI is InChI=1S/C19H19N5O2/c1-20-18(25)11-10-14-6-2-4-8-16(14)23-19(26)15-7-3-5-9-17(15)24-12-21-22-13-24/h2-9,12-13H,10-11H2,1H3,(H,20,25)(H,23,26). The third-order valence-electron chi connectivity index (χ3n) is 4.01. The number of benzene rings is 2. The zero-order valence-electron chi connectivity index (χ0n) is 14.3. The molecule has 3 aromatic rings. The van der Waals surface area contributed by atoms with Crippen LogP contribution in [0.15, 0.2) is 61.2 Å². The van der Waals surface area contributed by atoms with Gasteiger partial charge in [-0.2, -0.15) is 0 Å². The van der Waals surface area contributed by atoms with Crippen molar-refractivity contribution < 1.29 is 9.59 Å². The maximum absolute atomic E-state index is 12.8. The van der Waals surface area contributed by atoms with E-state index in [-0.39, 0.29) is 11.8 Å². The smallest absolute Gasteiger partial charge is 0.257 e. The van der Waals surface area contributed by atoms with Crippen molar-refractivity contribution in [3.8, 4) is 5.69 Å². The van der Waals surface area contributed by atoms with E-state index in [1.807, 2.05) is 36.4 Å². The third-order valence-corrected chi connectivity index (χ3v) is 4.01. The van der Waals surface area contributed by atoms with Crippen molar-refractivity contribution >= 4 is 17.5 Å². The van der Waals surface area contributed by atoms with Crippen LogP contribution < -0.4 is 10.6 Å². The Hall–Kier alpha value is -3.48. The molecule has 7 heteroatoms. The van der Waals surface area contributed by atoms with Gasteiger partial charge in [0.2, 0.25) is 5.91 Å². The summed E-state index contributed by atoms with van der Waals surface area (Å²) < 4.78 is 1.69. The summed E-state index contributed by atoms with van der Waals surface area (Å²) in [6, 6.07) is 14.7. The number of aromatic nitrogens is 3. The highest BCUT2D eigenvalue weighted by Crippen LogP contribution is 2.20. The molecule has 1 aromatic heterocycles. The van der Waals surface area contributed by atoms with Crippen LogP contribution in [0.1, 0.15) is 22.3 Å². The first-order valence-electron chi connectivity index (χ1n) is 8.23. The van der Waals surface area contributed by atoms with E-state index >= 15 is 0 Å². The molecule has 1 heterocycles. The van der Waals surface area contributed by atoms with Gasteiger partial charge in [-0.3, -0.25) is 14.2 Å². The van der Waals surface area contributed by atoms with Crippen molar-refractivity contribution in [3.63, 3.8) is 0 Å². The van der Waals surface area contributed by atoms with E-state index in [0.717, 1.165) is 5.56 Å². The summed E-state index contributed by atoms with van der Waals surface area (Å²) in [6.07, 6.45) is 4.00. The Morgan fingerprint density at radius 2 is 1.69 bits per heavy atom. The minimum atomic E-state index is -0.235. The second-order valence-electron chi connectivity index (χ2n) is 5.67. The highest BCUT2D eigenvalue weighted by atomic mass is 16.2. The first kappa shape index (κ1) is 17.3. The van der Waals surface area contributed by atoms with Gasteiger partial charge in [-0.1, -0.05) is 30.3 Å². The molecule has 3 rings (SSSR count). The minimum Gasteiger partial charge on any atom is -0.359 e. The molecule has 0 radical (unpaired) electrons. The first-order valence-corrected chi connectivity index (χ1v) is 8.23. The van der Waals surface area contributed by atoms with Crippen molar-refractivity contribution in [2.75, 3.05) is 12.4 Å². The molecule has 26 heavy (non-hydrogen) atoms. The van der Waals surface area contributed by atoms with Gasteiger partial charge >= 0.3 is 0 Å². The minimum absolute atomic E-state index is 0.0379. The fourth-order valence-corrected chi connectivity index (χ4v) is 2.64. The van der Waals surface area contributed by atoms with Crippen molar-refractivity contribution in [1.29, 1.82) is 0 Å². The number of anilines is 1. The van der Waals surface area contributed by atoms with Gasteiger partial charge in [-0.15, -0.1) is 10.2 Å². The number of amides is 2. The first-order chi connectivity index (χ1) is 12.7. The number of carbonyl (C=O) groups is 2. The average molecular weight is 349 g/mol. The summed E-state index contributed by atoms with van der Waals surface area (Å²) in [4.78, 5) is 24.3. The van der Waals surface area contributed by atoms with Gasteiger partial charge < -0.3 is 10.6 Å². The molecular formula is C19H19N5O2. The molecule has 0 aliphatic carbocycles. The highest BCUT2D eigenvalue weighted by molar-refractivity contribution is 6.07. The molecule has 0 aliphatic heterocycles. The van der Waals surface area contributed by atoms with Gasteiger partial charge in [0.25, 0.3) is 5.91 Å². The van der Waals surface area contributed by atoms with Crippen LogP contribution in [0.2, 0.25) is 0 Å². The Kier molecular flexibility index (Phi) is 5.38. The summed E-state index contributed by atoms with van der Waals surface area (Å²) in [6.45, 7) is 0. The molecule has 2 aromatic carbocycles. The summed E-state index contributed by atoms with van der Waals surface area (Å²) >= 11 is 0. The Morgan fingerprint density at radius 3 is 2.46 bits per heavy atom. The molecule has 7 nitrogen and oxygen atoms in total. The van der Waals surface area contributed by atoms with Gasteiger partial charge in [0, 0.05) is 19.2 Å². The Labute approximate surface area is 151 Å². The maximum Gasteiger partial charge on any atom is 0.257 e. The number of nitrogens with one attached hydrogen (secondary N) is 2. The van der Waals surface area contributed by atoms with Crippen LogP contribution in [0.5, 0.6) is 0 Å². The van der Waals surface area contributed by atoms with E-state index in [9.17, 15) is 9.59 Å². The van der Waals surface area contributed by atoms with Crippen LogP contribution >= 0.6 is 0 Å². The number of para-hydroxylation sites is 2. The number of hydrogen-bond donors (Lipinski definition) is 2. The van der Waals surface area contributed by atoms with Crippen LogP contribution in [0.25, 0.3) is 5.69 Å². The van der Waals surface area contributed by atoms with Crippen molar-refractivity contribution in [2.24, 2.45) is 0 Å². The predicted molar refractivity (Wildman–Crippen MR) is 98.1 cm³/mol. The molecule has 0 fully saturated rings. The highest BCUT2D eigenvalue weighted by Gasteiger charge is 2.14. The fraction of sp³-hybridized carbons (Fsp3) is 0.158. The largest absolute Gasteiger partial charge is 0.359 e. The average Bonchev–Trinajstić information content (AvgIpc) is 3.21. The van der Waals surface area contributed by atoms with E-state index < -0.39 is 0 Å². The molecule has 0 bridgehead atoms. The van der Waals surface area contributed by atoms with Gasteiger partial charge in [-0.05, 0) is 30.2 Å². The van der Waals surface area contributed by atoms with Crippen molar-refractivity contribution in [1.82, 2.24) is 20.1 Å². The molecule has 0 atom stereocenters. The number of carbonyl (C=O) groups excluding carboxylic acids is 2. The van der Waals surface area contributed by atoms with E-state index in [4.69, 9.17) is 0 Å². The lowest BCUT2D eigenvalue weighted by Gasteiger charge is -2.13. The number of nitrogens with zero attached hydrogens (tertiary/aromatic N) is 3. The number of rotatable bonds is 6. The summed E-state index contributed by atoms with van der Waals surface area (Å²) in [5.41, 5.74) is 2.80. The number of hydrogen-bond acceptors (Lipinski definition) is 4. The second-order valence-corrected chi connectivity index (χ2v) is 5.67. The zero-order chi connectivity index (χ0) is 18.4. The van der Waals surface area contributed by atoms with Gasteiger partial charge in [-0.25, -0.2) is 0 Å².